The Morgan fingerprint density at radius 2 is 1.97 bits per heavy atom. The number of nitrogens with zero attached hydrogens (tertiary/aromatic N) is 4. The first-order valence-electron chi connectivity index (χ1n) is 10.9. The van der Waals surface area contributed by atoms with Gasteiger partial charge in [-0.3, -0.25) is 14.6 Å². The fraction of sp³-hybridized carbons (Fsp3) is 0.292. The lowest BCUT2D eigenvalue weighted by molar-refractivity contribution is -0.135. The molecular weight excluding hydrogens is 404 g/mol. The molecule has 2 aliphatic rings. The fourth-order valence-electron chi connectivity index (χ4n) is 4.31. The maximum absolute atomic E-state index is 13.1. The van der Waals surface area contributed by atoms with Crippen molar-refractivity contribution in [1.29, 1.82) is 0 Å². The molecule has 0 radical (unpaired) electrons. The van der Waals surface area contributed by atoms with E-state index < -0.39 is 6.04 Å². The number of pyridine rings is 1. The van der Waals surface area contributed by atoms with Crippen LogP contribution in [0.5, 0.6) is 0 Å². The second-order valence-electron chi connectivity index (χ2n) is 8.08. The van der Waals surface area contributed by atoms with E-state index in [0.29, 0.717) is 31.0 Å². The molecule has 0 aliphatic carbocycles. The van der Waals surface area contributed by atoms with E-state index >= 15 is 0 Å². The predicted molar refractivity (Wildman–Crippen MR) is 120 cm³/mol. The highest BCUT2D eigenvalue weighted by Gasteiger charge is 2.38. The average molecular weight is 428 g/mol. The summed E-state index contributed by atoms with van der Waals surface area (Å²) in [6.45, 7) is 0.637. The van der Waals surface area contributed by atoms with Crippen LogP contribution in [0, 0.1) is 0 Å². The van der Waals surface area contributed by atoms with E-state index in [1.807, 2.05) is 53.4 Å². The van der Waals surface area contributed by atoms with Crippen LogP contribution in [-0.4, -0.2) is 44.3 Å². The molecule has 2 atom stereocenters. The molecule has 2 aliphatic heterocycles. The smallest absolute Gasteiger partial charge is 0.245 e. The van der Waals surface area contributed by atoms with E-state index in [2.05, 4.69) is 15.6 Å². The zero-order valence-electron chi connectivity index (χ0n) is 17.6. The molecule has 2 aromatic heterocycles. The number of rotatable bonds is 5. The van der Waals surface area contributed by atoms with Crippen molar-refractivity contribution in [2.24, 2.45) is 0 Å². The van der Waals surface area contributed by atoms with Gasteiger partial charge in [0.15, 0.2) is 5.82 Å². The number of likely N-dealkylation sites (tertiary alicyclic amines) is 1. The van der Waals surface area contributed by atoms with Crippen LogP contribution >= 0.6 is 0 Å². The van der Waals surface area contributed by atoms with E-state index in [-0.39, 0.29) is 17.9 Å². The number of carbonyl (C=O) groups excluding carboxylic acids is 2. The van der Waals surface area contributed by atoms with Gasteiger partial charge in [-0.1, -0.05) is 18.2 Å². The van der Waals surface area contributed by atoms with E-state index in [0.717, 1.165) is 29.8 Å². The molecule has 5 rings (SSSR count). The molecule has 32 heavy (non-hydrogen) atoms. The van der Waals surface area contributed by atoms with Gasteiger partial charge in [-0.25, -0.2) is 9.97 Å². The summed E-state index contributed by atoms with van der Waals surface area (Å²) in [5.41, 5.74) is 2.54. The van der Waals surface area contributed by atoms with Crippen LogP contribution in [0.4, 0.5) is 11.5 Å². The van der Waals surface area contributed by atoms with Gasteiger partial charge in [-0.05, 0) is 43.5 Å². The molecule has 0 unspecified atom stereocenters. The van der Waals surface area contributed by atoms with Crippen molar-refractivity contribution >= 4 is 23.3 Å². The van der Waals surface area contributed by atoms with Crippen molar-refractivity contribution in [3.05, 3.63) is 66.7 Å². The molecule has 2 amide bonds. The number of hydrogen-bond donors (Lipinski definition) is 2. The van der Waals surface area contributed by atoms with Crippen molar-refractivity contribution in [1.82, 2.24) is 25.2 Å². The number of para-hydroxylation sites is 1. The Hall–Kier alpha value is -3.81. The minimum atomic E-state index is -0.452. The van der Waals surface area contributed by atoms with Crippen molar-refractivity contribution in [3.8, 4) is 11.3 Å². The number of benzene rings is 1. The molecule has 2 saturated heterocycles. The Morgan fingerprint density at radius 3 is 2.72 bits per heavy atom. The minimum absolute atomic E-state index is 0.0497. The zero-order valence-corrected chi connectivity index (χ0v) is 17.6. The van der Waals surface area contributed by atoms with Crippen LogP contribution < -0.4 is 10.6 Å². The zero-order chi connectivity index (χ0) is 21.9. The molecule has 2 N–H and O–H groups in total. The van der Waals surface area contributed by atoms with Gasteiger partial charge in [0, 0.05) is 42.7 Å². The summed E-state index contributed by atoms with van der Waals surface area (Å²) in [5, 5.41) is 6.14. The van der Waals surface area contributed by atoms with Gasteiger partial charge in [0.25, 0.3) is 0 Å². The van der Waals surface area contributed by atoms with Crippen LogP contribution in [0.1, 0.15) is 37.5 Å². The highest BCUT2D eigenvalue weighted by atomic mass is 16.2. The van der Waals surface area contributed by atoms with Gasteiger partial charge in [-0.2, -0.15) is 0 Å². The van der Waals surface area contributed by atoms with Crippen LogP contribution in [0.2, 0.25) is 0 Å². The van der Waals surface area contributed by atoms with Crippen molar-refractivity contribution in [2.45, 2.75) is 37.8 Å². The van der Waals surface area contributed by atoms with E-state index in [4.69, 9.17) is 9.97 Å². The van der Waals surface area contributed by atoms with Gasteiger partial charge < -0.3 is 15.5 Å². The molecule has 8 heteroatoms. The number of anilines is 2. The SMILES string of the molecule is O=C1CC[C@H](C(=O)N2CCC[C@H]2c2nc(Nc3ccccc3)cc(-c3cccnc3)n2)N1. The molecule has 4 heterocycles. The number of amides is 2. The molecule has 0 saturated carbocycles. The summed E-state index contributed by atoms with van der Waals surface area (Å²) < 4.78 is 0. The molecule has 0 bridgehead atoms. The summed E-state index contributed by atoms with van der Waals surface area (Å²) >= 11 is 0. The predicted octanol–water partition coefficient (Wildman–Crippen LogP) is 3.22. The summed E-state index contributed by atoms with van der Waals surface area (Å²) in [5.74, 6) is 1.14. The van der Waals surface area contributed by atoms with E-state index in [9.17, 15) is 9.59 Å². The number of nitrogens with one attached hydrogen (secondary N) is 2. The van der Waals surface area contributed by atoms with Gasteiger partial charge in [-0.15, -0.1) is 0 Å². The topological polar surface area (TPSA) is 100 Å². The summed E-state index contributed by atoms with van der Waals surface area (Å²) in [6.07, 6.45) is 6.09. The quantitative estimate of drug-likeness (QED) is 0.647. The van der Waals surface area contributed by atoms with Gasteiger partial charge in [0.1, 0.15) is 11.9 Å². The second kappa shape index (κ2) is 8.74. The van der Waals surface area contributed by atoms with Gasteiger partial charge in [0.2, 0.25) is 11.8 Å². The van der Waals surface area contributed by atoms with Crippen LogP contribution in [-0.2, 0) is 9.59 Å². The minimum Gasteiger partial charge on any atom is -0.344 e. The standard InChI is InChI=1S/C24H24N6O2/c31-22-11-10-18(27-22)24(32)30-13-5-9-20(30)23-28-19(16-6-4-12-25-15-16)14-21(29-23)26-17-7-2-1-3-8-17/h1-4,6-8,12,14-15,18,20H,5,9-11,13H2,(H,27,31)(H,26,28,29)/t18-,20+/m1/s1. The van der Waals surface area contributed by atoms with Crippen molar-refractivity contribution in [2.75, 3.05) is 11.9 Å². The molecule has 0 spiro atoms. The lowest BCUT2D eigenvalue weighted by Crippen LogP contribution is -2.44. The average Bonchev–Trinajstić information content (AvgIpc) is 3.49. The Bertz CT molecular complexity index is 1120. The largest absolute Gasteiger partial charge is 0.344 e. The Labute approximate surface area is 186 Å². The van der Waals surface area contributed by atoms with Gasteiger partial charge >= 0.3 is 0 Å². The van der Waals surface area contributed by atoms with Gasteiger partial charge in [0.05, 0.1) is 11.7 Å². The maximum atomic E-state index is 13.1. The fourth-order valence-corrected chi connectivity index (χ4v) is 4.31. The lowest BCUT2D eigenvalue weighted by Gasteiger charge is -2.27. The third-order valence-corrected chi connectivity index (χ3v) is 5.87. The number of hydrogen-bond acceptors (Lipinski definition) is 6. The van der Waals surface area contributed by atoms with Crippen LogP contribution in [0.15, 0.2) is 60.9 Å². The van der Waals surface area contributed by atoms with Crippen molar-refractivity contribution < 1.29 is 9.59 Å². The van der Waals surface area contributed by atoms with E-state index in [1.165, 1.54) is 0 Å². The molecular formula is C24H24N6O2. The monoisotopic (exact) mass is 428 g/mol. The van der Waals surface area contributed by atoms with E-state index in [1.54, 1.807) is 12.4 Å². The number of aromatic nitrogens is 3. The normalized spacial score (nSPS) is 20.2. The number of carbonyl (C=O) groups is 2. The highest BCUT2D eigenvalue weighted by molar-refractivity contribution is 5.91. The molecule has 3 aromatic rings. The molecule has 162 valence electrons. The summed E-state index contributed by atoms with van der Waals surface area (Å²) in [7, 11) is 0. The summed E-state index contributed by atoms with van der Waals surface area (Å²) in [4.78, 5) is 40.4. The third-order valence-electron chi connectivity index (χ3n) is 5.87. The third kappa shape index (κ3) is 4.16. The first-order chi connectivity index (χ1) is 15.7. The highest BCUT2D eigenvalue weighted by Crippen LogP contribution is 2.33. The molecule has 8 nitrogen and oxygen atoms in total. The van der Waals surface area contributed by atoms with Crippen LogP contribution in [0.25, 0.3) is 11.3 Å². The second-order valence-corrected chi connectivity index (χ2v) is 8.08. The van der Waals surface area contributed by atoms with Crippen molar-refractivity contribution in [3.63, 3.8) is 0 Å². The maximum Gasteiger partial charge on any atom is 0.245 e. The first-order valence-corrected chi connectivity index (χ1v) is 10.9. The molecule has 2 fully saturated rings. The summed E-state index contributed by atoms with van der Waals surface area (Å²) in [6, 6.07) is 14.9. The Morgan fingerprint density at radius 1 is 1.09 bits per heavy atom. The Balaban J connectivity index is 1.49. The first kappa shape index (κ1) is 20.1. The lowest BCUT2D eigenvalue weighted by atomic mass is 10.1. The van der Waals surface area contributed by atoms with Crippen LogP contribution in [0.3, 0.4) is 0 Å². The Kier molecular flexibility index (Phi) is 5.49. The molecule has 1 aromatic carbocycles.